The van der Waals surface area contributed by atoms with Gasteiger partial charge in [0, 0.05) is 36.7 Å². The van der Waals surface area contributed by atoms with E-state index in [4.69, 9.17) is 26.4 Å². The van der Waals surface area contributed by atoms with E-state index in [0.717, 1.165) is 23.7 Å². The smallest absolute Gasteiger partial charge is 0.253 e. The lowest BCUT2D eigenvalue weighted by molar-refractivity contribution is 0.172. The molecule has 1 aliphatic carbocycles. The molecule has 162 valence electrons. The average Bonchev–Trinajstić information content (AvgIpc) is 2.77. The van der Waals surface area contributed by atoms with E-state index >= 15 is 0 Å². The topological polar surface area (TPSA) is 75.8 Å². The summed E-state index contributed by atoms with van der Waals surface area (Å²) >= 11 is 5.70. The summed E-state index contributed by atoms with van der Waals surface area (Å²) in [7, 11) is 1.67. The molecule has 8 heteroatoms. The Morgan fingerprint density at radius 2 is 1.93 bits per heavy atom. The first-order valence-corrected chi connectivity index (χ1v) is 11.1. The van der Waals surface area contributed by atoms with E-state index in [-0.39, 0.29) is 5.56 Å². The van der Waals surface area contributed by atoms with Gasteiger partial charge in [0.15, 0.2) is 16.6 Å². The summed E-state index contributed by atoms with van der Waals surface area (Å²) in [5, 5.41) is 4.89. The highest BCUT2D eigenvalue weighted by Crippen LogP contribution is 2.34. The molecule has 7 nitrogen and oxygen atoms in total. The third kappa shape index (κ3) is 4.70. The number of aromatic amines is 1. The number of hydrogen-bond acceptors (Lipinski definition) is 5. The Labute approximate surface area is 181 Å². The fraction of sp³-hybridized carbons (Fsp3) is 0.545. The van der Waals surface area contributed by atoms with E-state index in [1.807, 2.05) is 18.2 Å². The molecule has 0 amide bonds. The number of aromatic nitrogens is 1. The van der Waals surface area contributed by atoms with Crippen LogP contribution in [0.5, 0.6) is 11.5 Å². The number of benzene rings is 1. The van der Waals surface area contributed by atoms with E-state index in [9.17, 15) is 4.79 Å². The van der Waals surface area contributed by atoms with E-state index in [1.54, 1.807) is 7.11 Å². The van der Waals surface area contributed by atoms with E-state index < -0.39 is 0 Å². The summed E-state index contributed by atoms with van der Waals surface area (Å²) in [6.07, 6.45) is 5.84. The number of ether oxygens (including phenoxy) is 3. The first kappa shape index (κ1) is 20.9. The largest absolute Gasteiger partial charge is 0.486 e. The summed E-state index contributed by atoms with van der Waals surface area (Å²) in [6.45, 7) is 2.76. The number of hydrogen-bond donors (Lipinski definition) is 2. The third-order valence-corrected chi connectivity index (χ3v) is 6.16. The molecule has 0 bridgehead atoms. The number of pyridine rings is 1. The summed E-state index contributed by atoms with van der Waals surface area (Å²) in [6, 6.07) is 6.06. The molecular formula is C22H29N3O4S. The zero-order chi connectivity index (χ0) is 20.9. The molecule has 30 heavy (non-hydrogen) atoms. The lowest BCUT2D eigenvalue weighted by Gasteiger charge is -2.36. The predicted octanol–water partition coefficient (Wildman–Crippen LogP) is 2.95. The van der Waals surface area contributed by atoms with Gasteiger partial charge in [-0.15, -0.1) is 0 Å². The number of rotatable bonds is 6. The lowest BCUT2D eigenvalue weighted by atomic mass is 9.94. The minimum absolute atomic E-state index is 0.0975. The van der Waals surface area contributed by atoms with Crippen molar-refractivity contribution in [2.75, 3.05) is 33.5 Å². The second-order valence-electron chi connectivity index (χ2n) is 7.85. The molecule has 1 fully saturated rings. The molecular weight excluding hydrogens is 402 g/mol. The molecule has 0 saturated heterocycles. The van der Waals surface area contributed by atoms with Crippen molar-refractivity contribution in [1.82, 2.24) is 15.2 Å². The molecule has 0 unspecified atom stereocenters. The van der Waals surface area contributed by atoms with E-state index in [2.05, 4.69) is 15.2 Å². The molecule has 0 radical (unpaired) electrons. The van der Waals surface area contributed by atoms with Crippen molar-refractivity contribution in [3.8, 4) is 11.5 Å². The highest BCUT2D eigenvalue weighted by molar-refractivity contribution is 7.80. The maximum Gasteiger partial charge on any atom is 0.253 e. The van der Waals surface area contributed by atoms with Crippen LogP contribution < -0.4 is 20.3 Å². The van der Waals surface area contributed by atoms with Crippen molar-refractivity contribution < 1.29 is 14.2 Å². The number of nitrogens with one attached hydrogen (secondary N) is 2. The minimum Gasteiger partial charge on any atom is -0.486 e. The van der Waals surface area contributed by atoms with Gasteiger partial charge >= 0.3 is 0 Å². The van der Waals surface area contributed by atoms with Crippen molar-refractivity contribution in [1.29, 1.82) is 0 Å². The number of fused-ring (bicyclic) bond motifs is 2. The maximum atomic E-state index is 12.9. The fourth-order valence-electron chi connectivity index (χ4n) is 4.21. The highest BCUT2D eigenvalue weighted by atomic mass is 32.1. The molecule has 2 N–H and O–H groups in total. The number of thiocarbonyl (C=S) groups is 1. The van der Waals surface area contributed by atoms with Gasteiger partial charge in [0.05, 0.1) is 18.7 Å². The molecule has 1 aromatic carbocycles. The quantitative estimate of drug-likeness (QED) is 0.538. The molecule has 2 aromatic rings. The van der Waals surface area contributed by atoms with Gasteiger partial charge in [-0.05, 0) is 37.2 Å². The van der Waals surface area contributed by atoms with Gasteiger partial charge in [0.25, 0.3) is 5.56 Å². The Morgan fingerprint density at radius 1 is 1.20 bits per heavy atom. The van der Waals surface area contributed by atoms with Crippen LogP contribution in [0, 0.1) is 0 Å². The number of H-pyrrole nitrogens is 1. The standard InChI is InChI=1S/C22H29N3O4S/c1-27-8-7-23-22(30)25(17-5-3-2-4-6-17)14-16-11-15-12-19-20(29-10-9-28-19)13-18(15)24-21(16)26/h11-13,17H,2-10,14H2,1H3,(H,23,30)(H,24,26). The molecule has 0 atom stereocenters. The van der Waals surface area contributed by atoms with E-state index in [1.165, 1.54) is 19.3 Å². The summed E-state index contributed by atoms with van der Waals surface area (Å²) < 4.78 is 16.5. The Hall–Kier alpha value is -2.32. The second-order valence-corrected chi connectivity index (χ2v) is 8.24. The first-order valence-electron chi connectivity index (χ1n) is 10.6. The molecule has 1 aromatic heterocycles. The Kier molecular flexibility index (Phi) is 6.74. The van der Waals surface area contributed by atoms with Crippen LogP contribution in [0.1, 0.15) is 37.7 Å². The van der Waals surface area contributed by atoms with Crippen LogP contribution in [-0.4, -0.2) is 54.5 Å². The second kappa shape index (κ2) is 9.66. The summed E-state index contributed by atoms with van der Waals surface area (Å²) in [5.41, 5.74) is 1.35. The van der Waals surface area contributed by atoms with Crippen LogP contribution in [-0.2, 0) is 11.3 Å². The summed E-state index contributed by atoms with van der Waals surface area (Å²) in [5.74, 6) is 1.39. The summed E-state index contributed by atoms with van der Waals surface area (Å²) in [4.78, 5) is 18.1. The van der Waals surface area contributed by atoms with Gasteiger partial charge in [-0.3, -0.25) is 4.79 Å². The maximum absolute atomic E-state index is 12.9. The van der Waals surface area contributed by atoms with Gasteiger partial charge < -0.3 is 29.4 Å². The monoisotopic (exact) mass is 431 g/mol. The normalized spacial score (nSPS) is 16.4. The third-order valence-electron chi connectivity index (χ3n) is 5.78. The van der Waals surface area contributed by atoms with Gasteiger partial charge in [-0.2, -0.15) is 0 Å². The molecule has 4 rings (SSSR count). The average molecular weight is 432 g/mol. The van der Waals surface area contributed by atoms with Crippen molar-refractivity contribution in [2.24, 2.45) is 0 Å². The molecule has 0 spiro atoms. The number of nitrogens with zero attached hydrogens (tertiary/aromatic N) is 1. The highest BCUT2D eigenvalue weighted by Gasteiger charge is 2.24. The minimum atomic E-state index is -0.0975. The SMILES string of the molecule is COCCNC(=S)N(Cc1cc2cc3c(cc2[nH]c1=O)OCCO3)C1CCCCC1. The van der Waals surface area contributed by atoms with Crippen LogP contribution in [0.4, 0.5) is 0 Å². The molecule has 1 aliphatic heterocycles. The molecule has 1 saturated carbocycles. The molecule has 2 heterocycles. The van der Waals surface area contributed by atoms with Gasteiger partial charge in [0.2, 0.25) is 0 Å². The Bertz CT molecular complexity index is 955. The van der Waals surface area contributed by atoms with Gasteiger partial charge in [-0.25, -0.2) is 0 Å². The van der Waals surface area contributed by atoms with Crippen LogP contribution in [0.25, 0.3) is 10.9 Å². The fourth-order valence-corrected chi connectivity index (χ4v) is 4.53. The van der Waals surface area contributed by atoms with Crippen LogP contribution in [0.3, 0.4) is 0 Å². The van der Waals surface area contributed by atoms with Crippen molar-refractivity contribution >= 4 is 28.2 Å². The lowest BCUT2D eigenvalue weighted by Crippen LogP contribution is -2.47. The van der Waals surface area contributed by atoms with Crippen molar-refractivity contribution in [3.05, 3.63) is 34.1 Å². The predicted molar refractivity (Wildman–Crippen MR) is 120 cm³/mol. The van der Waals surface area contributed by atoms with Crippen molar-refractivity contribution in [3.63, 3.8) is 0 Å². The zero-order valence-electron chi connectivity index (χ0n) is 17.4. The van der Waals surface area contributed by atoms with Gasteiger partial charge in [0.1, 0.15) is 13.2 Å². The first-order chi connectivity index (χ1) is 14.7. The van der Waals surface area contributed by atoms with Gasteiger partial charge in [-0.1, -0.05) is 19.3 Å². The van der Waals surface area contributed by atoms with E-state index in [0.29, 0.717) is 61.1 Å². The molecule has 2 aliphatic rings. The Morgan fingerprint density at radius 3 is 2.67 bits per heavy atom. The van der Waals surface area contributed by atoms with Crippen molar-refractivity contribution in [2.45, 2.75) is 44.7 Å². The van der Waals surface area contributed by atoms with Crippen LogP contribution in [0.2, 0.25) is 0 Å². The van der Waals surface area contributed by atoms with Crippen LogP contribution in [0.15, 0.2) is 23.0 Å². The number of methoxy groups -OCH3 is 1. The Balaban J connectivity index is 1.61. The zero-order valence-corrected chi connectivity index (χ0v) is 18.2. The van der Waals surface area contributed by atoms with Crippen LogP contribution >= 0.6 is 12.2 Å².